The fraction of sp³-hybridized carbons (Fsp3) is 0.524. The van der Waals surface area contributed by atoms with Crippen molar-refractivity contribution >= 4 is 38.3 Å². The number of benzene rings is 1. The molecule has 0 radical (unpaired) electrons. The summed E-state index contributed by atoms with van der Waals surface area (Å²) in [5.74, 6) is 1.11. The van der Waals surface area contributed by atoms with Crippen LogP contribution in [-0.2, 0) is 0 Å². The highest BCUT2D eigenvalue weighted by atomic mass is 32.1. The van der Waals surface area contributed by atoms with E-state index in [-0.39, 0.29) is 21.9 Å². The zero-order valence-corrected chi connectivity index (χ0v) is 17.8. The first-order chi connectivity index (χ1) is 13.8. The summed E-state index contributed by atoms with van der Waals surface area (Å²) >= 11 is 1.24. The molecule has 0 spiro atoms. The first-order valence-corrected chi connectivity index (χ1v) is 10.9. The number of nitrogens with zero attached hydrogens (tertiary/aromatic N) is 2. The molecule has 5 rings (SSSR count). The predicted octanol–water partition coefficient (Wildman–Crippen LogP) is 2.81. The van der Waals surface area contributed by atoms with Crippen molar-refractivity contribution in [1.29, 1.82) is 0 Å². The highest BCUT2D eigenvalue weighted by Gasteiger charge is 2.35. The second-order valence-corrected chi connectivity index (χ2v) is 9.71. The van der Waals surface area contributed by atoms with Gasteiger partial charge in [-0.25, -0.2) is 0 Å². The lowest BCUT2D eigenvalue weighted by atomic mass is 9.88. The van der Waals surface area contributed by atoms with E-state index in [2.05, 4.69) is 27.7 Å². The molecule has 2 aromatic heterocycles. The van der Waals surface area contributed by atoms with Crippen LogP contribution >= 0.6 is 11.5 Å². The Bertz CT molecular complexity index is 1230. The van der Waals surface area contributed by atoms with Crippen LogP contribution < -0.4 is 26.4 Å². The van der Waals surface area contributed by atoms with Gasteiger partial charge >= 0.3 is 0 Å². The molecule has 1 aliphatic heterocycles. The van der Waals surface area contributed by atoms with E-state index in [1.807, 2.05) is 12.1 Å². The number of rotatable bonds is 4. The summed E-state index contributed by atoms with van der Waals surface area (Å²) in [7, 11) is 1.66. The van der Waals surface area contributed by atoms with E-state index >= 15 is 0 Å². The Hall–Kier alpha value is -2.32. The van der Waals surface area contributed by atoms with E-state index in [1.165, 1.54) is 11.5 Å². The van der Waals surface area contributed by atoms with Gasteiger partial charge < -0.3 is 19.9 Å². The summed E-state index contributed by atoms with van der Waals surface area (Å²) in [5.41, 5.74) is 7.39. The summed E-state index contributed by atoms with van der Waals surface area (Å²) in [5, 5.41) is 0.805. The molecule has 1 saturated carbocycles. The third-order valence-corrected chi connectivity index (χ3v) is 7.30. The van der Waals surface area contributed by atoms with E-state index in [4.69, 9.17) is 10.5 Å². The molecule has 1 aromatic carbocycles. The smallest absolute Gasteiger partial charge is 0.271 e. The van der Waals surface area contributed by atoms with Crippen LogP contribution in [0.4, 0.5) is 5.69 Å². The second kappa shape index (κ2) is 6.34. The summed E-state index contributed by atoms with van der Waals surface area (Å²) < 4.78 is 10.8. The minimum atomic E-state index is -0.304. The fourth-order valence-corrected chi connectivity index (χ4v) is 5.52. The van der Waals surface area contributed by atoms with Crippen LogP contribution in [-0.4, -0.2) is 34.7 Å². The monoisotopic (exact) mass is 414 g/mol. The number of H-pyrrole nitrogens is 1. The highest BCUT2D eigenvalue weighted by molar-refractivity contribution is 7.12. The molecule has 3 aromatic rings. The van der Waals surface area contributed by atoms with E-state index < -0.39 is 0 Å². The topological polar surface area (TPSA) is 93.3 Å². The lowest BCUT2D eigenvalue weighted by molar-refractivity contribution is 0.348. The number of ether oxygens (including phenoxy) is 1. The molecule has 3 N–H and O–H groups in total. The Balaban J connectivity index is 1.77. The van der Waals surface area contributed by atoms with Crippen molar-refractivity contribution in [2.24, 2.45) is 11.7 Å². The summed E-state index contributed by atoms with van der Waals surface area (Å²) in [4.78, 5) is 28.5. The summed E-state index contributed by atoms with van der Waals surface area (Å²) in [6.45, 7) is 5.92. The van der Waals surface area contributed by atoms with Gasteiger partial charge in [0.05, 0.1) is 23.7 Å². The van der Waals surface area contributed by atoms with Gasteiger partial charge in [0.1, 0.15) is 10.2 Å². The normalized spacial score (nSPS) is 20.1. The Morgan fingerprint density at radius 3 is 2.62 bits per heavy atom. The standard InChI is InChI=1S/C21H26N4O3S/c1-21(2,22)11-8-9-24(10-11)14-7-6-13-16(18(14)28-3)25(12-4-5-12)20-15(17(13)26)19(27)23-29-20/h6-7,11-12H,4-5,8-10,22H2,1-3H3,(H,23,27)/t11-/m1/s1. The van der Waals surface area contributed by atoms with E-state index in [0.29, 0.717) is 27.9 Å². The third-order valence-electron chi connectivity index (χ3n) is 6.42. The van der Waals surface area contributed by atoms with Crippen LogP contribution in [0.5, 0.6) is 5.75 Å². The Morgan fingerprint density at radius 1 is 1.24 bits per heavy atom. The first-order valence-electron chi connectivity index (χ1n) is 10.1. The number of aromatic nitrogens is 2. The number of pyridine rings is 1. The minimum absolute atomic E-state index is 0.221. The molecule has 1 atom stereocenters. The SMILES string of the molecule is COc1c(N2CC[C@@H](C(C)(C)N)C2)ccc2c(=O)c3c(=O)[nH]sc3n(C3CC3)c12. The van der Waals surface area contributed by atoms with Gasteiger partial charge in [0.2, 0.25) is 5.43 Å². The Labute approximate surface area is 172 Å². The number of hydrogen-bond acceptors (Lipinski definition) is 6. The number of nitrogens with two attached hydrogens (primary N) is 1. The van der Waals surface area contributed by atoms with Gasteiger partial charge in [-0.1, -0.05) is 0 Å². The molecular formula is C21H26N4O3S. The van der Waals surface area contributed by atoms with Crippen LogP contribution in [0.1, 0.15) is 39.2 Å². The van der Waals surface area contributed by atoms with Crippen LogP contribution in [0.25, 0.3) is 21.1 Å². The number of methoxy groups -OCH3 is 1. The van der Waals surface area contributed by atoms with Gasteiger partial charge in [0, 0.05) is 24.7 Å². The van der Waals surface area contributed by atoms with Crippen molar-refractivity contribution < 1.29 is 4.74 Å². The fourth-order valence-electron chi connectivity index (χ4n) is 4.60. The largest absolute Gasteiger partial charge is 0.492 e. The third kappa shape index (κ3) is 2.80. The maximum Gasteiger partial charge on any atom is 0.271 e. The molecule has 1 aliphatic carbocycles. The van der Waals surface area contributed by atoms with Crippen LogP contribution in [0.2, 0.25) is 0 Å². The summed E-state index contributed by atoms with van der Waals surface area (Å²) in [6.07, 6.45) is 3.11. The molecule has 7 nitrogen and oxygen atoms in total. The molecule has 0 bridgehead atoms. The average Bonchev–Trinajstić information content (AvgIpc) is 3.23. The molecule has 2 fully saturated rings. The zero-order valence-electron chi connectivity index (χ0n) is 16.9. The molecule has 8 heteroatoms. The Morgan fingerprint density at radius 2 is 2.00 bits per heavy atom. The predicted molar refractivity (Wildman–Crippen MR) is 118 cm³/mol. The molecule has 29 heavy (non-hydrogen) atoms. The zero-order chi connectivity index (χ0) is 20.5. The van der Waals surface area contributed by atoms with Crippen molar-refractivity contribution in [3.63, 3.8) is 0 Å². The minimum Gasteiger partial charge on any atom is -0.492 e. The van der Waals surface area contributed by atoms with Crippen molar-refractivity contribution in [3.05, 3.63) is 32.7 Å². The molecule has 3 heterocycles. The van der Waals surface area contributed by atoms with E-state index in [9.17, 15) is 9.59 Å². The highest BCUT2D eigenvalue weighted by Crippen LogP contribution is 2.45. The number of nitrogens with one attached hydrogen (secondary N) is 1. The Kier molecular flexibility index (Phi) is 4.08. The lowest BCUT2D eigenvalue weighted by Crippen LogP contribution is -2.42. The quantitative estimate of drug-likeness (QED) is 0.685. The van der Waals surface area contributed by atoms with Gasteiger partial charge in [-0.3, -0.25) is 14.0 Å². The van der Waals surface area contributed by atoms with Crippen molar-refractivity contribution in [3.8, 4) is 5.75 Å². The maximum absolute atomic E-state index is 13.1. The second-order valence-electron chi connectivity index (χ2n) is 8.91. The number of hydrogen-bond donors (Lipinski definition) is 2. The summed E-state index contributed by atoms with van der Waals surface area (Å²) in [6, 6.07) is 4.11. The van der Waals surface area contributed by atoms with Crippen LogP contribution in [0.15, 0.2) is 21.7 Å². The maximum atomic E-state index is 13.1. The molecule has 1 saturated heterocycles. The van der Waals surface area contributed by atoms with Crippen molar-refractivity contribution in [1.82, 2.24) is 8.94 Å². The van der Waals surface area contributed by atoms with Gasteiger partial charge in [0.15, 0.2) is 5.75 Å². The number of aromatic amines is 1. The van der Waals surface area contributed by atoms with E-state index in [1.54, 1.807) is 7.11 Å². The van der Waals surface area contributed by atoms with Gasteiger partial charge in [-0.2, -0.15) is 0 Å². The molecular weight excluding hydrogens is 388 g/mol. The van der Waals surface area contributed by atoms with Crippen LogP contribution in [0, 0.1) is 5.92 Å². The van der Waals surface area contributed by atoms with Crippen molar-refractivity contribution in [2.45, 2.75) is 44.7 Å². The molecule has 0 amide bonds. The van der Waals surface area contributed by atoms with Crippen LogP contribution in [0.3, 0.4) is 0 Å². The number of fused-ring (bicyclic) bond motifs is 2. The van der Waals surface area contributed by atoms with Crippen molar-refractivity contribution in [2.75, 3.05) is 25.1 Å². The lowest BCUT2D eigenvalue weighted by Gasteiger charge is -2.28. The van der Waals surface area contributed by atoms with Gasteiger partial charge in [-0.15, -0.1) is 0 Å². The van der Waals surface area contributed by atoms with Gasteiger partial charge in [0.25, 0.3) is 5.56 Å². The van der Waals surface area contributed by atoms with Gasteiger partial charge in [-0.05, 0) is 62.7 Å². The molecule has 2 aliphatic rings. The molecule has 0 unspecified atom stereocenters. The number of anilines is 1. The molecule has 154 valence electrons. The van der Waals surface area contributed by atoms with E-state index in [0.717, 1.165) is 43.6 Å². The average molecular weight is 415 g/mol. The first kappa shape index (κ1) is 18.7.